The van der Waals surface area contributed by atoms with E-state index < -0.39 is 0 Å². The van der Waals surface area contributed by atoms with E-state index in [1.165, 1.54) is 0 Å². The van der Waals surface area contributed by atoms with Crippen LogP contribution in [0.15, 0.2) is 58.1 Å². The van der Waals surface area contributed by atoms with E-state index in [1.54, 1.807) is 23.7 Å². The first-order chi connectivity index (χ1) is 9.26. The Balaban J connectivity index is 2.46. The molecule has 100 valence electrons. The first-order valence-electron chi connectivity index (χ1n) is 6.07. The van der Waals surface area contributed by atoms with Gasteiger partial charge in [0.2, 0.25) is 4.80 Å². The zero-order valence-corrected chi connectivity index (χ0v) is 11.7. The first-order valence-corrected chi connectivity index (χ1v) is 6.94. The van der Waals surface area contributed by atoms with Gasteiger partial charge in [0.1, 0.15) is 5.69 Å². The Morgan fingerprint density at radius 1 is 1.63 bits per heavy atom. The molecule has 0 unspecified atom stereocenters. The lowest BCUT2D eigenvalue weighted by atomic mass is 10.3. The Labute approximate surface area is 116 Å². The van der Waals surface area contributed by atoms with Crippen LogP contribution >= 0.6 is 11.3 Å². The van der Waals surface area contributed by atoms with Gasteiger partial charge in [0.05, 0.1) is 12.8 Å². The summed E-state index contributed by atoms with van der Waals surface area (Å²) in [5, 5.41) is 2.01. The maximum absolute atomic E-state index is 5.45. The molecular weight excluding hydrogens is 258 g/mol. The number of nitrogens with one attached hydrogen (secondary N) is 1. The number of allylic oxidation sites excluding steroid dienone is 1. The van der Waals surface area contributed by atoms with Crippen molar-refractivity contribution in [3.05, 3.63) is 53.5 Å². The summed E-state index contributed by atoms with van der Waals surface area (Å²) in [7, 11) is 0. The van der Waals surface area contributed by atoms with E-state index in [2.05, 4.69) is 30.5 Å². The van der Waals surface area contributed by atoms with Crippen LogP contribution in [0.25, 0.3) is 11.5 Å². The molecule has 0 spiro atoms. The van der Waals surface area contributed by atoms with Crippen molar-refractivity contribution in [1.29, 1.82) is 0 Å². The van der Waals surface area contributed by atoms with Gasteiger partial charge in [0.15, 0.2) is 5.76 Å². The van der Waals surface area contributed by atoms with E-state index in [-0.39, 0.29) is 0 Å². The van der Waals surface area contributed by atoms with Crippen LogP contribution in [-0.4, -0.2) is 11.2 Å². The highest BCUT2D eigenvalue weighted by Gasteiger charge is 2.10. The molecule has 0 aliphatic rings. The smallest absolute Gasteiger partial charge is 0.204 e. The van der Waals surface area contributed by atoms with Crippen molar-refractivity contribution in [2.24, 2.45) is 4.99 Å². The monoisotopic (exact) mass is 275 g/mol. The second kappa shape index (κ2) is 6.24. The third kappa shape index (κ3) is 3.06. The molecule has 19 heavy (non-hydrogen) atoms. The summed E-state index contributed by atoms with van der Waals surface area (Å²) in [5.74, 6) is 0.799. The Kier molecular flexibility index (Phi) is 4.41. The molecular formula is C14H17N3OS. The maximum atomic E-state index is 5.45. The van der Waals surface area contributed by atoms with Crippen LogP contribution < -0.4 is 10.2 Å². The molecule has 0 aromatic carbocycles. The molecule has 1 N–H and O–H groups in total. The zero-order chi connectivity index (χ0) is 13.7. The first kappa shape index (κ1) is 13.4. The summed E-state index contributed by atoms with van der Waals surface area (Å²) in [5.41, 5.74) is 5.11. The number of aromatic nitrogens is 1. The fraction of sp³-hybridized carbons (Fsp3) is 0.214. The summed E-state index contributed by atoms with van der Waals surface area (Å²) in [6.45, 7) is 10.3. The molecule has 5 heteroatoms. The Hall–Kier alpha value is -2.01. The van der Waals surface area contributed by atoms with Gasteiger partial charge in [-0.05, 0) is 18.6 Å². The SMILES string of the molecule is C=CCN=c1scc(-c2ccco2)n1NC(=C)CC. The quantitative estimate of drug-likeness (QED) is 0.821. The molecule has 0 atom stereocenters. The van der Waals surface area contributed by atoms with Gasteiger partial charge >= 0.3 is 0 Å². The normalized spacial score (nSPS) is 11.5. The van der Waals surface area contributed by atoms with Crippen LogP contribution in [0.2, 0.25) is 0 Å². The number of thiazole rings is 1. The van der Waals surface area contributed by atoms with Gasteiger partial charge in [-0.15, -0.1) is 17.9 Å². The van der Waals surface area contributed by atoms with Crippen LogP contribution in [0.1, 0.15) is 13.3 Å². The predicted molar refractivity (Wildman–Crippen MR) is 79.4 cm³/mol. The lowest BCUT2D eigenvalue weighted by molar-refractivity contribution is 0.576. The average Bonchev–Trinajstić information content (AvgIpc) is 3.05. The standard InChI is InChI=1S/C14H17N3OS/c1-4-8-15-14-17(16-11(3)5-2)12(10-19-14)13-7-6-9-18-13/h4,6-7,9-10,16H,1,3,5,8H2,2H3. The Bertz CT molecular complexity index is 619. The Morgan fingerprint density at radius 3 is 3.11 bits per heavy atom. The zero-order valence-electron chi connectivity index (χ0n) is 10.9. The summed E-state index contributed by atoms with van der Waals surface area (Å²) >= 11 is 1.55. The molecule has 4 nitrogen and oxygen atoms in total. The summed E-state index contributed by atoms with van der Waals surface area (Å²) in [4.78, 5) is 5.32. The van der Waals surface area contributed by atoms with Crippen LogP contribution in [-0.2, 0) is 0 Å². The van der Waals surface area contributed by atoms with Gasteiger partial charge in [0, 0.05) is 11.1 Å². The highest BCUT2D eigenvalue weighted by Crippen LogP contribution is 2.20. The Morgan fingerprint density at radius 2 is 2.47 bits per heavy atom. The van der Waals surface area contributed by atoms with E-state index in [0.717, 1.165) is 28.4 Å². The van der Waals surface area contributed by atoms with Crippen molar-refractivity contribution in [2.75, 3.05) is 12.0 Å². The second-order valence-electron chi connectivity index (χ2n) is 3.91. The van der Waals surface area contributed by atoms with E-state index in [9.17, 15) is 0 Å². The molecule has 2 heterocycles. The van der Waals surface area contributed by atoms with E-state index in [1.807, 2.05) is 22.2 Å². The van der Waals surface area contributed by atoms with Crippen LogP contribution in [0.5, 0.6) is 0 Å². The molecule has 0 aliphatic heterocycles. The van der Waals surface area contributed by atoms with Crippen LogP contribution in [0.4, 0.5) is 0 Å². The molecule has 0 aliphatic carbocycles. The lowest BCUT2D eigenvalue weighted by Gasteiger charge is -2.11. The van der Waals surface area contributed by atoms with Gasteiger partial charge in [-0.2, -0.15) is 0 Å². The lowest BCUT2D eigenvalue weighted by Crippen LogP contribution is -2.25. The molecule has 0 bridgehead atoms. The van der Waals surface area contributed by atoms with Crippen LogP contribution in [0.3, 0.4) is 0 Å². The molecule has 2 rings (SSSR count). The highest BCUT2D eigenvalue weighted by molar-refractivity contribution is 7.07. The minimum Gasteiger partial charge on any atom is -0.463 e. The van der Waals surface area contributed by atoms with Crippen molar-refractivity contribution < 1.29 is 4.42 Å². The van der Waals surface area contributed by atoms with Crippen molar-refractivity contribution >= 4 is 11.3 Å². The van der Waals surface area contributed by atoms with E-state index >= 15 is 0 Å². The van der Waals surface area contributed by atoms with Gasteiger partial charge in [-0.3, -0.25) is 10.4 Å². The molecule has 0 radical (unpaired) electrons. The average molecular weight is 275 g/mol. The number of rotatable bonds is 6. The minimum atomic E-state index is 0.582. The summed E-state index contributed by atoms with van der Waals surface area (Å²) < 4.78 is 7.35. The second-order valence-corrected chi connectivity index (χ2v) is 4.75. The molecule has 0 saturated carbocycles. The van der Waals surface area contributed by atoms with Crippen LogP contribution in [0, 0.1) is 0 Å². The van der Waals surface area contributed by atoms with Crippen molar-refractivity contribution in [1.82, 2.24) is 4.68 Å². The molecule has 0 amide bonds. The fourth-order valence-electron chi connectivity index (χ4n) is 1.51. The van der Waals surface area contributed by atoms with E-state index in [0.29, 0.717) is 6.54 Å². The third-order valence-corrected chi connectivity index (χ3v) is 3.40. The van der Waals surface area contributed by atoms with Gasteiger partial charge in [-0.1, -0.05) is 19.6 Å². The van der Waals surface area contributed by atoms with Gasteiger partial charge in [0.25, 0.3) is 0 Å². The fourth-order valence-corrected chi connectivity index (χ4v) is 2.34. The van der Waals surface area contributed by atoms with Crippen molar-refractivity contribution in [3.8, 4) is 11.5 Å². The molecule has 2 aromatic rings. The van der Waals surface area contributed by atoms with Crippen molar-refractivity contribution in [2.45, 2.75) is 13.3 Å². The number of furan rings is 1. The van der Waals surface area contributed by atoms with E-state index in [4.69, 9.17) is 4.42 Å². The van der Waals surface area contributed by atoms with Gasteiger partial charge in [-0.25, -0.2) is 4.68 Å². The largest absolute Gasteiger partial charge is 0.463 e. The maximum Gasteiger partial charge on any atom is 0.204 e. The topological polar surface area (TPSA) is 42.5 Å². The highest BCUT2D eigenvalue weighted by atomic mass is 32.1. The van der Waals surface area contributed by atoms with Crippen molar-refractivity contribution in [3.63, 3.8) is 0 Å². The number of nitrogens with zero attached hydrogens (tertiary/aromatic N) is 2. The number of hydrogen-bond donors (Lipinski definition) is 1. The molecule has 2 aromatic heterocycles. The molecule has 0 fully saturated rings. The third-order valence-electron chi connectivity index (χ3n) is 2.53. The van der Waals surface area contributed by atoms with Gasteiger partial charge < -0.3 is 4.42 Å². The summed E-state index contributed by atoms with van der Waals surface area (Å²) in [6.07, 6.45) is 4.28. The number of hydrogen-bond acceptors (Lipinski definition) is 4. The predicted octanol–water partition coefficient (Wildman–Crippen LogP) is 3.36. The molecule has 0 saturated heterocycles. The minimum absolute atomic E-state index is 0.582. The summed E-state index contributed by atoms with van der Waals surface area (Å²) in [6, 6.07) is 3.79.